The molecule has 0 aliphatic carbocycles. The first kappa shape index (κ1) is 13.8. The van der Waals surface area contributed by atoms with Gasteiger partial charge in [0.25, 0.3) is 0 Å². The summed E-state index contributed by atoms with van der Waals surface area (Å²) in [5.74, 6) is 0. The van der Waals surface area contributed by atoms with Gasteiger partial charge in [-0.3, -0.25) is 4.74 Å². The Kier molecular flexibility index (Phi) is 5.10. The third-order valence-corrected chi connectivity index (χ3v) is 2.87. The van der Waals surface area contributed by atoms with Crippen molar-refractivity contribution < 1.29 is 17.9 Å². The van der Waals surface area contributed by atoms with Crippen LogP contribution < -0.4 is 5.32 Å². The molecule has 1 aliphatic heterocycles. The normalized spacial score (nSPS) is 22.1. The van der Waals surface area contributed by atoms with Crippen LogP contribution in [0.1, 0.15) is 6.42 Å². The summed E-state index contributed by atoms with van der Waals surface area (Å²) in [7, 11) is 1.75. The van der Waals surface area contributed by atoms with Crippen LogP contribution in [0, 0.1) is 0 Å². The number of rotatable bonds is 5. The van der Waals surface area contributed by atoms with Gasteiger partial charge in [-0.25, -0.2) is 0 Å². The first-order valence-corrected chi connectivity index (χ1v) is 5.44. The van der Waals surface area contributed by atoms with Gasteiger partial charge in [-0.15, -0.1) is 13.2 Å². The Morgan fingerprint density at radius 2 is 2.25 bits per heavy atom. The first-order valence-electron chi connectivity index (χ1n) is 5.04. The van der Waals surface area contributed by atoms with Gasteiger partial charge in [-0.2, -0.15) is 0 Å². The van der Waals surface area contributed by atoms with Crippen LogP contribution >= 0.6 is 12.2 Å². The molecule has 0 amide bonds. The van der Waals surface area contributed by atoms with Crippen LogP contribution in [0.25, 0.3) is 0 Å². The molecule has 1 aliphatic rings. The fraction of sp³-hybridized carbons (Fsp3) is 0.889. The standard InChI is InChI=1S/C9H15F3N2OS/c1-14(4-5-15-9(10,11)12)6-7-8(16)2-3-13-7/h7,13H,2-6H2,1H3. The minimum Gasteiger partial charge on any atom is -0.308 e. The minimum absolute atomic E-state index is 0.117. The molecule has 0 spiro atoms. The number of nitrogens with one attached hydrogen (secondary N) is 1. The van der Waals surface area contributed by atoms with E-state index in [4.69, 9.17) is 12.2 Å². The Morgan fingerprint density at radius 1 is 1.56 bits per heavy atom. The van der Waals surface area contributed by atoms with Crippen LogP contribution in [0.5, 0.6) is 0 Å². The number of alkyl halides is 3. The molecule has 0 bridgehead atoms. The zero-order valence-corrected chi connectivity index (χ0v) is 9.83. The summed E-state index contributed by atoms with van der Waals surface area (Å²) in [6.07, 6.45) is -3.67. The van der Waals surface area contributed by atoms with Gasteiger partial charge in [-0.1, -0.05) is 12.2 Å². The Hall–Kier alpha value is -0.240. The van der Waals surface area contributed by atoms with Gasteiger partial charge in [0.15, 0.2) is 0 Å². The molecule has 1 unspecified atom stereocenters. The van der Waals surface area contributed by atoms with Crippen molar-refractivity contribution in [3.63, 3.8) is 0 Å². The van der Waals surface area contributed by atoms with Crippen molar-refractivity contribution in [2.45, 2.75) is 18.8 Å². The molecule has 0 aromatic rings. The third-order valence-electron chi connectivity index (χ3n) is 2.38. The van der Waals surface area contributed by atoms with Gasteiger partial charge in [0.1, 0.15) is 0 Å². The van der Waals surface area contributed by atoms with Crippen molar-refractivity contribution >= 4 is 17.1 Å². The van der Waals surface area contributed by atoms with Crippen LogP contribution in [0.4, 0.5) is 13.2 Å². The smallest absolute Gasteiger partial charge is 0.308 e. The Morgan fingerprint density at radius 3 is 2.75 bits per heavy atom. The number of hydrogen-bond acceptors (Lipinski definition) is 4. The molecule has 1 atom stereocenters. The van der Waals surface area contributed by atoms with E-state index in [1.807, 2.05) is 0 Å². The number of hydrogen-bond donors (Lipinski definition) is 1. The largest absolute Gasteiger partial charge is 0.522 e. The lowest BCUT2D eigenvalue weighted by Crippen LogP contribution is -2.40. The van der Waals surface area contributed by atoms with E-state index in [1.54, 1.807) is 11.9 Å². The van der Waals surface area contributed by atoms with E-state index < -0.39 is 6.36 Å². The van der Waals surface area contributed by atoms with Crippen molar-refractivity contribution in [2.75, 3.05) is 33.3 Å². The maximum atomic E-state index is 11.7. The molecule has 7 heteroatoms. The van der Waals surface area contributed by atoms with Crippen molar-refractivity contribution in [3.8, 4) is 0 Å². The van der Waals surface area contributed by atoms with Crippen LogP contribution in [0.3, 0.4) is 0 Å². The van der Waals surface area contributed by atoms with Gasteiger partial charge in [-0.05, 0) is 13.5 Å². The second-order valence-electron chi connectivity index (χ2n) is 3.78. The maximum Gasteiger partial charge on any atom is 0.522 e. The highest BCUT2D eigenvalue weighted by Crippen LogP contribution is 2.15. The predicted molar refractivity (Wildman–Crippen MR) is 58.5 cm³/mol. The average Bonchev–Trinajstić information content (AvgIpc) is 2.49. The molecule has 1 heterocycles. The summed E-state index contributed by atoms with van der Waals surface area (Å²) in [5.41, 5.74) is 0. The SMILES string of the molecule is CN(CCOC(F)(F)F)CC1NCCC1=S. The molecule has 0 radical (unpaired) electrons. The number of halogens is 3. The molecule has 1 saturated heterocycles. The van der Waals surface area contributed by atoms with Crippen LogP contribution in [0.2, 0.25) is 0 Å². The van der Waals surface area contributed by atoms with Crippen molar-refractivity contribution in [1.29, 1.82) is 0 Å². The molecule has 1 fully saturated rings. The summed E-state index contributed by atoms with van der Waals surface area (Å²) in [5, 5.41) is 3.20. The van der Waals surface area contributed by atoms with Gasteiger partial charge < -0.3 is 10.2 Å². The predicted octanol–water partition coefficient (Wildman–Crippen LogP) is 1.19. The third kappa shape index (κ3) is 5.20. The number of likely N-dealkylation sites (N-methyl/N-ethyl adjacent to an activating group) is 1. The summed E-state index contributed by atoms with van der Waals surface area (Å²) in [6.45, 7) is 1.37. The van der Waals surface area contributed by atoms with E-state index in [1.165, 1.54) is 0 Å². The summed E-state index contributed by atoms with van der Waals surface area (Å²) in [4.78, 5) is 2.73. The highest BCUT2D eigenvalue weighted by atomic mass is 32.1. The van der Waals surface area contributed by atoms with Gasteiger partial charge in [0, 0.05) is 24.5 Å². The minimum atomic E-state index is -4.54. The maximum absolute atomic E-state index is 11.7. The fourth-order valence-corrected chi connectivity index (χ4v) is 1.80. The highest BCUT2D eigenvalue weighted by Gasteiger charge is 2.29. The van der Waals surface area contributed by atoms with Crippen LogP contribution in [-0.2, 0) is 4.74 Å². The molecular formula is C9H15F3N2OS. The lowest BCUT2D eigenvalue weighted by atomic mass is 10.2. The van der Waals surface area contributed by atoms with Gasteiger partial charge >= 0.3 is 6.36 Å². The van der Waals surface area contributed by atoms with E-state index in [2.05, 4.69) is 10.1 Å². The van der Waals surface area contributed by atoms with Crippen molar-refractivity contribution in [3.05, 3.63) is 0 Å². The van der Waals surface area contributed by atoms with Crippen LogP contribution in [-0.4, -0.2) is 55.5 Å². The number of nitrogens with zero attached hydrogens (tertiary/aromatic N) is 1. The average molecular weight is 256 g/mol. The van der Waals surface area contributed by atoms with Gasteiger partial charge in [0.05, 0.1) is 12.6 Å². The Balaban J connectivity index is 2.15. The van der Waals surface area contributed by atoms with Gasteiger partial charge in [0.2, 0.25) is 0 Å². The molecule has 1 N–H and O–H groups in total. The molecule has 16 heavy (non-hydrogen) atoms. The second kappa shape index (κ2) is 5.90. The molecule has 94 valence electrons. The van der Waals surface area contributed by atoms with E-state index in [9.17, 15) is 13.2 Å². The molecule has 1 rings (SSSR count). The summed E-state index contributed by atoms with van der Waals surface area (Å²) in [6, 6.07) is 0.117. The van der Waals surface area contributed by atoms with E-state index in [0.29, 0.717) is 6.54 Å². The van der Waals surface area contributed by atoms with Crippen molar-refractivity contribution in [2.24, 2.45) is 0 Å². The summed E-state index contributed by atoms with van der Waals surface area (Å²) < 4.78 is 38.8. The Bertz CT molecular complexity index is 247. The number of ether oxygens (including phenoxy) is 1. The quantitative estimate of drug-likeness (QED) is 0.747. The van der Waals surface area contributed by atoms with E-state index in [0.717, 1.165) is 17.8 Å². The second-order valence-corrected chi connectivity index (χ2v) is 4.30. The zero-order valence-electron chi connectivity index (χ0n) is 9.01. The zero-order chi connectivity index (χ0) is 12.2. The molecule has 3 nitrogen and oxygen atoms in total. The topological polar surface area (TPSA) is 24.5 Å². The monoisotopic (exact) mass is 256 g/mol. The van der Waals surface area contributed by atoms with E-state index >= 15 is 0 Å². The van der Waals surface area contributed by atoms with Crippen LogP contribution in [0.15, 0.2) is 0 Å². The van der Waals surface area contributed by atoms with E-state index in [-0.39, 0.29) is 19.2 Å². The summed E-state index contributed by atoms with van der Waals surface area (Å²) >= 11 is 5.13. The molecule has 0 aromatic carbocycles. The fourth-order valence-electron chi connectivity index (χ4n) is 1.54. The molecule has 0 aromatic heterocycles. The Labute approximate surface area is 97.9 Å². The van der Waals surface area contributed by atoms with Crippen molar-refractivity contribution in [1.82, 2.24) is 10.2 Å². The lowest BCUT2D eigenvalue weighted by Gasteiger charge is -2.21. The lowest BCUT2D eigenvalue weighted by molar-refractivity contribution is -0.324. The number of thiocarbonyl (C=S) groups is 1. The molecular weight excluding hydrogens is 241 g/mol. The highest BCUT2D eigenvalue weighted by molar-refractivity contribution is 7.80. The first-order chi connectivity index (χ1) is 7.38. The molecule has 0 saturated carbocycles.